The van der Waals surface area contributed by atoms with Gasteiger partial charge in [-0.25, -0.2) is 0 Å². The van der Waals surface area contributed by atoms with Crippen LogP contribution >= 0.6 is 11.8 Å². The number of amides is 1. The van der Waals surface area contributed by atoms with Crippen LogP contribution < -0.4 is 11.1 Å². The van der Waals surface area contributed by atoms with Crippen molar-refractivity contribution in [3.05, 3.63) is 42.2 Å². The Balaban J connectivity index is 2.02. The summed E-state index contributed by atoms with van der Waals surface area (Å²) in [6.07, 6.45) is 2.88. The zero-order chi connectivity index (χ0) is 15.1. The van der Waals surface area contributed by atoms with Gasteiger partial charge >= 0.3 is 0 Å². The Bertz CT molecular complexity index is 597. The lowest BCUT2D eigenvalue weighted by atomic mass is 10.3. The first-order valence-electron chi connectivity index (χ1n) is 6.95. The molecule has 2 rings (SSSR count). The number of primary amides is 1. The van der Waals surface area contributed by atoms with E-state index in [1.807, 2.05) is 41.2 Å². The fourth-order valence-corrected chi connectivity index (χ4v) is 2.76. The number of nitrogens with two attached hydrogens (primary N) is 1. The number of nitrogens with zero attached hydrogens (tertiary/aromatic N) is 2. The summed E-state index contributed by atoms with van der Waals surface area (Å²) in [6.45, 7) is 3.75. The quantitative estimate of drug-likeness (QED) is 0.735. The number of carbonyl (C=O) groups excluding carboxylic acids is 1. The average molecular weight is 304 g/mol. The molecule has 0 aliphatic rings. The third kappa shape index (κ3) is 4.53. The number of para-hydroxylation sites is 1. The Morgan fingerprint density at radius 1 is 1.38 bits per heavy atom. The number of nitrogens with one attached hydrogen (secondary N) is 1. The van der Waals surface area contributed by atoms with Crippen molar-refractivity contribution in [1.29, 1.82) is 0 Å². The minimum Gasteiger partial charge on any atom is -0.378 e. The molecule has 0 unspecified atom stereocenters. The summed E-state index contributed by atoms with van der Waals surface area (Å²) in [6, 6.07) is 9.93. The predicted molar refractivity (Wildman–Crippen MR) is 86.2 cm³/mol. The number of aromatic nitrogens is 2. The highest BCUT2D eigenvalue weighted by atomic mass is 32.2. The molecular formula is C15H20N4OS. The van der Waals surface area contributed by atoms with Gasteiger partial charge in [-0.05, 0) is 24.6 Å². The van der Waals surface area contributed by atoms with Crippen molar-refractivity contribution in [2.24, 2.45) is 5.73 Å². The lowest BCUT2D eigenvalue weighted by Crippen LogP contribution is -2.13. The van der Waals surface area contributed by atoms with Crippen molar-refractivity contribution in [2.75, 3.05) is 11.1 Å². The highest BCUT2D eigenvalue weighted by molar-refractivity contribution is 8.00. The van der Waals surface area contributed by atoms with E-state index in [-0.39, 0.29) is 11.7 Å². The Kier molecular flexibility index (Phi) is 5.68. The molecule has 5 nitrogen and oxygen atoms in total. The summed E-state index contributed by atoms with van der Waals surface area (Å²) in [5, 5.41) is 7.71. The second kappa shape index (κ2) is 7.73. The smallest absolute Gasteiger partial charge is 0.227 e. The molecule has 0 fully saturated rings. The van der Waals surface area contributed by atoms with Gasteiger partial charge in [0.2, 0.25) is 5.91 Å². The van der Waals surface area contributed by atoms with Crippen molar-refractivity contribution in [3.8, 4) is 0 Å². The minimum atomic E-state index is -0.309. The topological polar surface area (TPSA) is 72.9 Å². The highest BCUT2D eigenvalue weighted by Crippen LogP contribution is 2.27. The van der Waals surface area contributed by atoms with E-state index in [0.29, 0.717) is 6.54 Å². The van der Waals surface area contributed by atoms with Crippen LogP contribution in [0.4, 0.5) is 5.69 Å². The molecule has 0 aliphatic carbocycles. The van der Waals surface area contributed by atoms with Crippen LogP contribution in [-0.2, 0) is 17.9 Å². The highest BCUT2D eigenvalue weighted by Gasteiger charge is 2.06. The fourth-order valence-electron chi connectivity index (χ4n) is 2.00. The van der Waals surface area contributed by atoms with E-state index >= 15 is 0 Å². The molecule has 0 radical (unpaired) electrons. The first kappa shape index (κ1) is 15.4. The maximum atomic E-state index is 10.9. The molecule has 0 bridgehead atoms. The lowest BCUT2D eigenvalue weighted by molar-refractivity contribution is -0.115. The largest absolute Gasteiger partial charge is 0.378 e. The van der Waals surface area contributed by atoms with Crippen molar-refractivity contribution in [3.63, 3.8) is 0 Å². The third-order valence-corrected chi connectivity index (χ3v) is 4.05. The molecule has 112 valence electrons. The Hall–Kier alpha value is -1.95. The maximum Gasteiger partial charge on any atom is 0.227 e. The van der Waals surface area contributed by atoms with Gasteiger partial charge in [0.25, 0.3) is 0 Å². The van der Waals surface area contributed by atoms with E-state index in [0.717, 1.165) is 29.2 Å². The van der Waals surface area contributed by atoms with Gasteiger partial charge in [-0.3, -0.25) is 9.48 Å². The molecule has 0 aliphatic heterocycles. The van der Waals surface area contributed by atoms with E-state index in [9.17, 15) is 4.79 Å². The fraction of sp³-hybridized carbons (Fsp3) is 0.333. The first-order chi connectivity index (χ1) is 10.2. The van der Waals surface area contributed by atoms with Gasteiger partial charge in [0.1, 0.15) is 0 Å². The van der Waals surface area contributed by atoms with Crippen LogP contribution in [0.15, 0.2) is 41.4 Å². The zero-order valence-corrected chi connectivity index (χ0v) is 12.9. The first-order valence-corrected chi connectivity index (χ1v) is 7.94. The van der Waals surface area contributed by atoms with Crippen LogP contribution in [-0.4, -0.2) is 21.4 Å². The molecule has 3 N–H and O–H groups in total. The summed E-state index contributed by atoms with van der Waals surface area (Å²) < 4.78 is 2.01. The van der Waals surface area contributed by atoms with Gasteiger partial charge in [-0.2, -0.15) is 5.10 Å². The standard InChI is InChI=1S/C15H20N4OS/c1-2-9-19-12(7-8-18-19)10-17-13-5-3-4-6-14(13)21-11-15(16)20/h3-8,17H,2,9-11H2,1H3,(H2,16,20). The van der Waals surface area contributed by atoms with Gasteiger partial charge in [-0.1, -0.05) is 19.1 Å². The Morgan fingerprint density at radius 2 is 2.19 bits per heavy atom. The number of rotatable bonds is 8. The number of anilines is 1. The summed E-state index contributed by atoms with van der Waals surface area (Å²) in [4.78, 5) is 11.9. The number of hydrogen-bond donors (Lipinski definition) is 2. The maximum absolute atomic E-state index is 10.9. The van der Waals surface area contributed by atoms with Crippen LogP contribution in [0, 0.1) is 0 Å². The number of benzene rings is 1. The van der Waals surface area contributed by atoms with E-state index in [1.165, 1.54) is 11.8 Å². The van der Waals surface area contributed by atoms with Gasteiger partial charge in [0, 0.05) is 23.3 Å². The number of thioether (sulfide) groups is 1. The molecular weight excluding hydrogens is 284 g/mol. The third-order valence-electron chi connectivity index (χ3n) is 2.96. The molecule has 6 heteroatoms. The summed E-state index contributed by atoms with van der Waals surface area (Å²) >= 11 is 1.45. The summed E-state index contributed by atoms with van der Waals surface area (Å²) in [5.74, 6) is -0.0252. The van der Waals surface area contributed by atoms with Crippen LogP contribution in [0.3, 0.4) is 0 Å². The molecule has 1 heterocycles. The Labute approximate surface area is 128 Å². The van der Waals surface area contributed by atoms with Gasteiger partial charge in [-0.15, -0.1) is 11.8 Å². The van der Waals surface area contributed by atoms with E-state index in [4.69, 9.17) is 5.73 Å². The van der Waals surface area contributed by atoms with E-state index < -0.39 is 0 Å². The lowest BCUT2D eigenvalue weighted by Gasteiger charge is -2.12. The van der Waals surface area contributed by atoms with Crippen LogP contribution in [0.1, 0.15) is 19.0 Å². The number of aryl methyl sites for hydroxylation is 1. The average Bonchev–Trinajstić information content (AvgIpc) is 2.91. The number of hydrogen-bond acceptors (Lipinski definition) is 4. The molecule has 0 saturated carbocycles. The SMILES string of the molecule is CCCn1nccc1CNc1ccccc1SCC(N)=O. The molecule has 1 aromatic heterocycles. The molecule has 1 amide bonds. The molecule has 1 aromatic carbocycles. The monoisotopic (exact) mass is 304 g/mol. The summed E-state index contributed by atoms with van der Waals surface area (Å²) in [5.41, 5.74) is 7.36. The number of carbonyl (C=O) groups is 1. The Morgan fingerprint density at radius 3 is 2.95 bits per heavy atom. The van der Waals surface area contributed by atoms with Gasteiger partial charge < -0.3 is 11.1 Å². The molecule has 2 aromatic rings. The molecule has 0 atom stereocenters. The second-order valence-electron chi connectivity index (χ2n) is 4.65. The van der Waals surface area contributed by atoms with Crippen molar-refractivity contribution >= 4 is 23.4 Å². The van der Waals surface area contributed by atoms with Crippen LogP contribution in [0.5, 0.6) is 0 Å². The van der Waals surface area contributed by atoms with Crippen LogP contribution in [0.2, 0.25) is 0 Å². The summed E-state index contributed by atoms with van der Waals surface area (Å²) in [7, 11) is 0. The van der Waals surface area contributed by atoms with Crippen molar-refractivity contribution in [1.82, 2.24) is 9.78 Å². The van der Waals surface area contributed by atoms with Gasteiger partial charge in [0.05, 0.1) is 18.0 Å². The van der Waals surface area contributed by atoms with E-state index in [2.05, 4.69) is 17.3 Å². The normalized spacial score (nSPS) is 10.5. The van der Waals surface area contributed by atoms with Crippen molar-refractivity contribution in [2.45, 2.75) is 31.3 Å². The van der Waals surface area contributed by atoms with Gasteiger partial charge in [0.15, 0.2) is 0 Å². The molecule has 0 spiro atoms. The predicted octanol–water partition coefficient (Wildman–Crippen LogP) is 2.48. The molecule has 0 saturated heterocycles. The van der Waals surface area contributed by atoms with Crippen LogP contribution in [0.25, 0.3) is 0 Å². The zero-order valence-electron chi connectivity index (χ0n) is 12.1. The van der Waals surface area contributed by atoms with Crippen molar-refractivity contribution < 1.29 is 4.79 Å². The minimum absolute atomic E-state index is 0.284. The molecule has 21 heavy (non-hydrogen) atoms. The van der Waals surface area contributed by atoms with E-state index in [1.54, 1.807) is 0 Å². The second-order valence-corrected chi connectivity index (χ2v) is 5.67.